The van der Waals surface area contributed by atoms with Crippen molar-refractivity contribution in [2.24, 2.45) is 0 Å². The number of nitrogens with zero attached hydrogens (tertiary/aromatic N) is 5. The first-order chi connectivity index (χ1) is 12.2. The molecule has 9 heteroatoms. The van der Waals surface area contributed by atoms with E-state index in [0.717, 1.165) is 0 Å². The predicted molar refractivity (Wildman–Crippen MR) is 97.3 cm³/mol. The van der Waals surface area contributed by atoms with Crippen molar-refractivity contribution in [3.05, 3.63) is 23.2 Å². The summed E-state index contributed by atoms with van der Waals surface area (Å²) in [6.45, 7) is 9.67. The molecular weight excluding hydrogens is 358 g/mol. The van der Waals surface area contributed by atoms with Gasteiger partial charge in [-0.1, -0.05) is 11.6 Å². The smallest absolute Gasteiger partial charge is 0.410 e. The number of amides is 1. The molecule has 3 heterocycles. The minimum atomic E-state index is -0.498. The molecular formula is C17H22ClN5O3. The van der Waals surface area contributed by atoms with Crippen LogP contribution in [0.25, 0.3) is 11.5 Å². The van der Waals surface area contributed by atoms with Gasteiger partial charge in [0.15, 0.2) is 0 Å². The molecule has 0 unspecified atom stereocenters. The van der Waals surface area contributed by atoms with E-state index in [1.54, 1.807) is 24.1 Å². The first-order valence-electron chi connectivity index (χ1n) is 8.42. The third kappa shape index (κ3) is 4.24. The first-order valence-corrected chi connectivity index (χ1v) is 8.79. The Hall–Kier alpha value is -2.35. The number of aryl methyl sites for hydroxylation is 1. The lowest BCUT2D eigenvalue weighted by atomic mass is 10.2. The van der Waals surface area contributed by atoms with E-state index < -0.39 is 5.60 Å². The minimum Gasteiger partial charge on any atom is -0.444 e. The highest BCUT2D eigenvalue weighted by atomic mass is 35.5. The summed E-state index contributed by atoms with van der Waals surface area (Å²) in [6, 6.07) is 1.76. The van der Waals surface area contributed by atoms with Gasteiger partial charge in [0.2, 0.25) is 11.8 Å². The number of rotatable bonds is 2. The van der Waals surface area contributed by atoms with Crippen LogP contribution in [0.2, 0.25) is 5.02 Å². The third-order valence-electron chi connectivity index (χ3n) is 3.83. The standard InChI is InChI=1S/C17H22ClN5O3/c1-11-20-21-15(25-11)12-9-13(18)14(19-10-12)22-5-7-23(8-6-22)16(24)26-17(2,3)4/h9-10H,5-8H2,1-4H3. The quantitative estimate of drug-likeness (QED) is 0.792. The van der Waals surface area contributed by atoms with Gasteiger partial charge in [-0.15, -0.1) is 10.2 Å². The zero-order chi connectivity index (χ0) is 18.9. The van der Waals surface area contributed by atoms with Crippen molar-refractivity contribution in [1.29, 1.82) is 0 Å². The summed E-state index contributed by atoms with van der Waals surface area (Å²) in [5.74, 6) is 1.55. The Bertz CT molecular complexity index is 794. The van der Waals surface area contributed by atoms with Crippen molar-refractivity contribution in [3.8, 4) is 11.5 Å². The maximum atomic E-state index is 12.1. The molecule has 1 fully saturated rings. The van der Waals surface area contributed by atoms with Gasteiger partial charge in [0.05, 0.1) is 10.6 Å². The van der Waals surface area contributed by atoms with Crippen molar-refractivity contribution >= 4 is 23.5 Å². The fourth-order valence-corrected chi connectivity index (χ4v) is 2.91. The van der Waals surface area contributed by atoms with Crippen molar-refractivity contribution in [2.45, 2.75) is 33.3 Å². The van der Waals surface area contributed by atoms with E-state index in [4.69, 9.17) is 20.8 Å². The number of carbonyl (C=O) groups excluding carboxylic acids is 1. The number of piperazine rings is 1. The van der Waals surface area contributed by atoms with Gasteiger partial charge in [0.1, 0.15) is 11.4 Å². The molecule has 1 aliphatic heterocycles. The lowest BCUT2D eigenvalue weighted by molar-refractivity contribution is 0.0240. The van der Waals surface area contributed by atoms with Crippen LogP contribution >= 0.6 is 11.6 Å². The van der Waals surface area contributed by atoms with Gasteiger partial charge < -0.3 is 19.0 Å². The highest BCUT2D eigenvalue weighted by Crippen LogP contribution is 2.29. The number of anilines is 1. The minimum absolute atomic E-state index is 0.293. The molecule has 2 aromatic rings. The molecule has 0 bridgehead atoms. The maximum Gasteiger partial charge on any atom is 0.410 e. The lowest BCUT2D eigenvalue weighted by Gasteiger charge is -2.36. The van der Waals surface area contributed by atoms with Crippen molar-refractivity contribution in [2.75, 3.05) is 31.1 Å². The Labute approximate surface area is 157 Å². The molecule has 0 radical (unpaired) electrons. The zero-order valence-corrected chi connectivity index (χ0v) is 16.1. The molecule has 1 aliphatic rings. The van der Waals surface area contributed by atoms with Crippen LogP contribution in [0.4, 0.5) is 10.6 Å². The summed E-state index contributed by atoms with van der Waals surface area (Å²) in [5.41, 5.74) is 0.175. The highest BCUT2D eigenvalue weighted by molar-refractivity contribution is 6.33. The van der Waals surface area contributed by atoms with Gasteiger partial charge >= 0.3 is 6.09 Å². The number of carbonyl (C=O) groups is 1. The zero-order valence-electron chi connectivity index (χ0n) is 15.3. The Morgan fingerprint density at radius 3 is 2.46 bits per heavy atom. The summed E-state index contributed by atoms with van der Waals surface area (Å²) in [5, 5.41) is 8.28. The number of ether oxygens (including phenoxy) is 1. The van der Waals surface area contributed by atoms with Crippen molar-refractivity contribution in [1.82, 2.24) is 20.1 Å². The summed E-state index contributed by atoms with van der Waals surface area (Å²) >= 11 is 6.41. The van der Waals surface area contributed by atoms with Crippen LogP contribution in [0.3, 0.4) is 0 Å². The van der Waals surface area contributed by atoms with Crippen LogP contribution in [0.15, 0.2) is 16.7 Å². The highest BCUT2D eigenvalue weighted by Gasteiger charge is 2.27. The van der Waals surface area contributed by atoms with Crippen molar-refractivity contribution in [3.63, 3.8) is 0 Å². The van der Waals surface area contributed by atoms with Gasteiger partial charge in [-0.2, -0.15) is 0 Å². The molecule has 0 aromatic carbocycles. The van der Waals surface area contributed by atoms with Crippen LogP contribution in [0, 0.1) is 6.92 Å². The molecule has 1 amide bonds. The van der Waals surface area contributed by atoms with Crippen LogP contribution in [-0.4, -0.2) is 58.0 Å². The van der Waals surface area contributed by atoms with Crippen LogP contribution < -0.4 is 4.90 Å². The second kappa shape index (κ2) is 7.11. The molecule has 2 aromatic heterocycles. The van der Waals surface area contributed by atoms with Gasteiger partial charge in [-0.05, 0) is 26.8 Å². The molecule has 3 rings (SSSR count). The molecule has 0 saturated carbocycles. The molecule has 0 atom stereocenters. The molecule has 0 spiro atoms. The average Bonchev–Trinajstić information content (AvgIpc) is 3.00. The summed E-state index contributed by atoms with van der Waals surface area (Å²) in [7, 11) is 0. The predicted octanol–water partition coefficient (Wildman–Crippen LogP) is 3.15. The van der Waals surface area contributed by atoms with Crippen LogP contribution in [0.5, 0.6) is 0 Å². The molecule has 8 nitrogen and oxygen atoms in total. The van der Waals surface area contributed by atoms with E-state index in [-0.39, 0.29) is 6.09 Å². The molecule has 1 saturated heterocycles. The first kappa shape index (κ1) is 18.4. The molecule has 26 heavy (non-hydrogen) atoms. The number of pyridine rings is 1. The van der Waals surface area contributed by atoms with Crippen molar-refractivity contribution < 1.29 is 13.9 Å². The van der Waals surface area contributed by atoms with E-state index >= 15 is 0 Å². The number of hydrogen-bond acceptors (Lipinski definition) is 7. The molecule has 140 valence electrons. The van der Waals surface area contributed by atoms with Gasteiger partial charge in [0.25, 0.3) is 0 Å². The van der Waals surface area contributed by atoms with E-state index in [0.29, 0.717) is 54.4 Å². The largest absolute Gasteiger partial charge is 0.444 e. The lowest BCUT2D eigenvalue weighted by Crippen LogP contribution is -2.50. The SMILES string of the molecule is Cc1nnc(-c2cnc(N3CCN(C(=O)OC(C)(C)C)CC3)c(Cl)c2)o1. The topological polar surface area (TPSA) is 84.6 Å². The fraction of sp³-hybridized carbons (Fsp3) is 0.529. The second-order valence-electron chi connectivity index (χ2n) is 7.11. The number of hydrogen-bond donors (Lipinski definition) is 0. The Morgan fingerprint density at radius 2 is 1.92 bits per heavy atom. The van der Waals surface area contributed by atoms with Crippen LogP contribution in [-0.2, 0) is 4.74 Å². The Kier molecular flexibility index (Phi) is 5.04. The van der Waals surface area contributed by atoms with Gasteiger partial charge in [-0.3, -0.25) is 0 Å². The summed E-state index contributed by atoms with van der Waals surface area (Å²) in [4.78, 5) is 20.3. The Balaban J connectivity index is 1.65. The maximum absolute atomic E-state index is 12.1. The third-order valence-corrected chi connectivity index (χ3v) is 4.10. The number of halogens is 1. The monoisotopic (exact) mass is 379 g/mol. The second-order valence-corrected chi connectivity index (χ2v) is 7.52. The molecule has 0 N–H and O–H groups in total. The average molecular weight is 380 g/mol. The fourth-order valence-electron chi connectivity index (χ4n) is 2.62. The Morgan fingerprint density at radius 1 is 1.23 bits per heavy atom. The summed E-state index contributed by atoms with van der Waals surface area (Å²) in [6.07, 6.45) is 1.37. The molecule has 0 aliphatic carbocycles. The van der Waals surface area contributed by atoms with Gasteiger partial charge in [-0.25, -0.2) is 9.78 Å². The normalized spacial score (nSPS) is 15.3. The van der Waals surface area contributed by atoms with E-state index in [1.807, 2.05) is 25.7 Å². The van der Waals surface area contributed by atoms with E-state index in [1.165, 1.54) is 0 Å². The van der Waals surface area contributed by atoms with Crippen LogP contribution in [0.1, 0.15) is 26.7 Å². The number of aromatic nitrogens is 3. The van der Waals surface area contributed by atoms with Gasteiger partial charge in [0, 0.05) is 39.3 Å². The van der Waals surface area contributed by atoms with E-state index in [9.17, 15) is 4.79 Å². The van der Waals surface area contributed by atoms with E-state index in [2.05, 4.69) is 15.2 Å². The summed E-state index contributed by atoms with van der Waals surface area (Å²) < 4.78 is 10.8.